The molecule has 1 aliphatic heterocycles. The van der Waals surface area contributed by atoms with Gasteiger partial charge < -0.3 is 4.74 Å². The lowest BCUT2D eigenvalue weighted by atomic mass is 10.0. The van der Waals surface area contributed by atoms with Gasteiger partial charge in [-0.1, -0.05) is 37.3 Å². The van der Waals surface area contributed by atoms with Gasteiger partial charge in [0.15, 0.2) is 5.82 Å². The number of nitrogens with zero attached hydrogens (tertiary/aromatic N) is 3. The molecule has 7 heteroatoms. The smallest absolute Gasteiger partial charge is 0.204 e. The average Bonchev–Trinajstić information content (AvgIpc) is 2.82. The van der Waals surface area contributed by atoms with Crippen molar-refractivity contribution in [2.75, 3.05) is 13.2 Å². The summed E-state index contributed by atoms with van der Waals surface area (Å²) in [4.78, 5) is 8.88. The molecule has 0 unspecified atom stereocenters. The third-order valence-corrected chi connectivity index (χ3v) is 6.41. The molecular weight excluding hydrogens is 410 g/mol. The summed E-state index contributed by atoms with van der Waals surface area (Å²) in [5.74, 6) is 1.60. The minimum Gasteiger partial charge on any atom is -0.494 e. The van der Waals surface area contributed by atoms with E-state index in [9.17, 15) is 8.42 Å². The fourth-order valence-corrected chi connectivity index (χ4v) is 4.25. The van der Waals surface area contributed by atoms with Gasteiger partial charge >= 0.3 is 0 Å². The Bertz CT molecular complexity index is 1090. The number of rotatable bonds is 8. The van der Waals surface area contributed by atoms with Gasteiger partial charge in [-0.05, 0) is 60.1 Å². The quantitative estimate of drug-likeness (QED) is 0.431. The Hall–Kier alpha value is -2.77. The molecule has 0 saturated carbocycles. The minimum absolute atomic E-state index is 0.456. The Morgan fingerprint density at radius 3 is 2.48 bits per heavy atom. The van der Waals surface area contributed by atoms with Crippen molar-refractivity contribution < 1.29 is 13.2 Å². The van der Waals surface area contributed by atoms with E-state index in [2.05, 4.69) is 41.2 Å². The summed E-state index contributed by atoms with van der Waals surface area (Å²) in [6.45, 7) is 3.73. The molecule has 1 aromatic heterocycles. The minimum atomic E-state index is -2.51. The third-order valence-electron chi connectivity index (χ3n) is 5.60. The molecule has 0 N–H and O–H groups in total. The van der Waals surface area contributed by atoms with Gasteiger partial charge in [0.1, 0.15) is 5.75 Å². The van der Waals surface area contributed by atoms with Crippen molar-refractivity contribution in [1.82, 2.24) is 14.3 Å². The molecule has 0 aliphatic carbocycles. The molecular formula is C24H27N3O3S. The van der Waals surface area contributed by atoms with Crippen molar-refractivity contribution in [2.24, 2.45) is 0 Å². The molecule has 0 spiro atoms. The summed E-state index contributed by atoms with van der Waals surface area (Å²) in [7, 11) is -2.51. The fraction of sp³-hybridized carbons (Fsp3) is 0.333. The predicted molar refractivity (Wildman–Crippen MR) is 122 cm³/mol. The van der Waals surface area contributed by atoms with E-state index in [0.29, 0.717) is 19.7 Å². The summed E-state index contributed by atoms with van der Waals surface area (Å²) >= 11 is 0. The summed E-state index contributed by atoms with van der Waals surface area (Å²) in [6.07, 6.45) is 7.29. The van der Waals surface area contributed by atoms with E-state index in [1.54, 1.807) is 0 Å². The van der Waals surface area contributed by atoms with Crippen LogP contribution in [0.4, 0.5) is 0 Å². The van der Waals surface area contributed by atoms with Gasteiger partial charge in [0.2, 0.25) is 10.9 Å². The number of aromatic nitrogens is 2. The van der Waals surface area contributed by atoms with Crippen molar-refractivity contribution in [3.8, 4) is 17.1 Å². The van der Waals surface area contributed by atoms with E-state index in [1.165, 1.54) is 15.4 Å². The molecule has 1 aliphatic rings. The molecule has 31 heavy (non-hydrogen) atoms. The van der Waals surface area contributed by atoms with Crippen LogP contribution in [0.1, 0.15) is 35.6 Å². The molecule has 3 aromatic rings. The van der Waals surface area contributed by atoms with Crippen molar-refractivity contribution in [1.29, 1.82) is 0 Å². The number of hydrogen-bond donors (Lipinski definition) is 1. The maximum atomic E-state index is 11.2. The zero-order valence-corrected chi connectivity index (χ0v) is 18.6. The topological polar surface area (TPSA) is 72.4 Å². The van der Waals surface area contributed by atoms with Gasteiger partial charge in [-0.2, -0.15) is 4.31 Å². The molecule has 0 amide bonds. The van der Waals surface area contributed by atoms with Crippen LogP contribution in [0.3, 0.4) is 0 Å². The van der Waals surface area contributed by atoms with Gasteiger partial charge in [-0.25, -0.2) is 18.4 Å². The van der Waals surface area contributed by atoms with Crippen LogP contribution in [0.15, 0.2) is 54.9 Å². The second kappa shape index (κ2) is 10.0. The predicted octanol–water partition coefficient (Wildman–Crippen LogP) is 3.60. The number of aryl methyl sites for hydroxylation is 2. The highest BCUT2D eigenvalue weighted by Gasteiger charge is 2.18. The number of hydrogen-bond acceptors (Lipinski definition) is 5. The standard InChI is InChI=1S/C24H27N3O3S/c1-2-18-15-25-24(26-16-18)20-7-5-19(6-8-20)4-3-13-30-23-10-9-22-17-27(31(28)29)12-11-21(22)14-23/h5-10,14-16,31H,2-4,11-13,17H2,1H3. The maximum absolute atomic E-state index is 11.2. The van der Waals surface area contributed by atoms with Crippen LogP contribution in [0, 0.1) is 0 Å². The van der Waals surface area contributed by atoms with E-state index >= 15 is 0 Å². The highest BCUT2D eigenvalue weighted by Crippen LogP contribution is 2.24. The number of thiol groups is 1. The number of ether oxygens (including phenoxy) is 1. The van der Waals surface area contributed by atoms with Crippen LogP contribution >= 0.6 is 0 Å². The van der Waals surface area contributed by atoms with E-state index < -0.39 is 10.9 Å². The van der Waals surface area contributed by atoms with Crippen LogP contribution < -0.4 is 4.74 Å². The lowest BCUT2D eigenvalue weighted by Gasteiger charge is -2.24. The largest absolute Gasteiger partial charge is 0.494 e. The summed E-state index contributed by atoms with van der Waals surface area (Å²) in [5, 5.41) is 0. The SMILES string of the molecule is CCc1cnc(-c2ccc(CCCOc3ccc4c(c3)CCN([SH](=O)=O)C4)cc2)nc1. The second-order valence-corrected chi connectivity index (χ2v) is 8.77. The first kappa shape index (κ1) is 21.5. The first-order chi connectivity index (χ1) is 15.1. The van der Waals surface area contributed by atoms with E-state index in [4.69, 9.17) is 4.74 Å². The van der Waals surface area contributed by atoms with E-state index in [-0.39, 0.29) is 0 Å². The first-order valence-electron chi connectivity index (χ1n) is 10.7. The van der Waals surface area contributed by atoms with Crippen molar-refractivity contribution >= 4 is 10.9 Å². The third kappa shape index (κ3) is 5.48. The average molecular weight is 438 g/mol. The van der Waals surface area contributed by atoms with E-state index in [0.717, 1.165) is 53.9 Å². The molecule has 2 heterocycles. The normalized spacial score (nSPS) is 13.9. The molecule has 6 nitrogen and oxygen atoms in total. The monoisotopic (exact) mass is 437 g/mol. The maximum Gasteiger partial charge on any atom is 0.204 e. The highest BCUT2D eigenvalue weighted by atomic mass is 32.2. The Kier molecular flexibility index (Phi) is 6.94. The van der Waals surface area contributed by atoms with Crippen molar-refractivity contribution in [3.05, 3.63) is 77.1 Å². The highest BCUT2D eigenvalue weighted by molar-refractivity contribution is 7.69. The molecule has 4 rings (SSSR count). The summed E-state index contributed by atoms with van der Waals surface area (Å²) in [6, 6.07) is 14.3. The lowest BCUT2D eigenvalue weighted by molar-refractivity contribution is 0.310. The Morgan fingerprint density at radius 1 is 1.00 bits per heavy atom. The fourth-order valence-electron chi connectivity index (χ4n) is 3.72. The van der Waals surface area contributed by atoms with Gasteiger partial charge in [0, 0.05) is 31.0 Å². The Morgan fingerprint density at radius 2 is 1.77 bits per heavy atom. The lowest BCUT2D eigenvalue weighted by Crippen LogP contribution is -2.29. The molecule has 0 bridgehead atoms. The molecule has 2 aromatic carbocycles. The molecule has 162 valence electrons. The van der Waals surface area contributed by atoms with Gasteiger partial charge in [-0.3, -0.25) is 0 Å². The van der Waals surface area contributed by atoms with Crippen molar-refractivity contribution in [3.63, 3.8) is 0 Å². The molecule has 0 atom stereocenters. The zero-order chi connectivity index (χ0) is 21.6. The van der Waals surface area contributed by atoms with Gasteiger partial charge in [0.25, 0.3) is 0 Å². The first-order valence-corrected chi connectivity index (χ1v) is 11.8. The zero-order valence-electron chi connectivity index (χ0n) is 17.7. The molecule has 0 saturated heterocycles. The summed E-state index contributed by atoms with van der Waals surface area (Å²) < 4.78 is 29.7. The number of benzene rings is 2. The van der Waals surface area contributed by atoms with Crippen LogP contribution in [0.5, 0.6) is 5.75 Å². The van der Waals surface area contributed by atoms with Crippen LogP contribution in [0.25, 0.3) is 11.4 Å². The van der Waals surface area contributed by atoms with Gasteiger partial charge in [0.05, 0.1) is 6.61 Å². The Balaban J connectivity index is 1.26. The second-order valence-electron chi connectivity index (χ2n) is 7.72. The molecule has 0 fully saturated rings. The Labute approximate surface area is 185 Å². The molecule has 0 radical (unpaired) electrons. The van der Waals surface area contributed by atoms with Gasteiger partial charge in [-0.15, -0.1) is 0 Å². The number of fused-ring (bicyclic) bond motifs is 1. The summed E-state index contributed by atoms with van der Waals surface area (Å²) in [5.41, 5.74) is 5.66. The van der Waals surface area contributed by atoms with Crippen LogP contribution in [0.2, 0.25) is 0 Å². The van der Waals surface area contributed by atoms with Crippen LogP contribution in [-0.4, -0.2) is 35.8 Å². The van der Waals surface area contributed by atoms with Crippen LogP contribution in [-0.2, 0) is 36.7 Å². The van der Waals surface area contributed by atoms with E-state index in [1.807, 2.05) is 30.6 Å². The van der Waals surface area contributed by atoms with Crippen molar-refractivity contribution in [2.45, 2.75) is 39.2 Å².